The minimum absolute atomic E-state index is 0.299. The van der Waals surface area contributed by atoms with Gasteiger partial charge in [0.05, 0.1) is 5.56 Å². The van der Waals surface area contributed by atoms with Crippen molar-refractivity contribution in [3.05, 3.63) is 65.0 Å². The summed E-state index contributed by atoms with van der Waals surface area (Å²) in [5.74, 6) is -1.95. The van der Waals surface area contributed by atoms with Crippen molar-refractivity contribution in [2.75, 3.05) is 11.9 Å². The first-order valence-corrected chi connectivity index (χ1v) is 6.27. The molecule has 1 N–H and O–H groups in total. The largest absolute Gasteiger partial charge is 0.478 e. The zero-order chi connectivity index (χ0) is 14.7. The molecule has 0 bridgehead atoms. The maximum Gasteiger partial charge on any atom is 0.338 e. The topological polar surface area (TPSA) is 40.5 Å². The van der Waals surface area contributed by atoms with Gasteiger partial charge in [-0.05, 0) is 36.8 Å². The Morgan fingerprint density at radius 3 is 2.40 bits per heavy atom. The molecule has 2 aromatic rings. The lowest BCUT2D eigenvalue weighted by Gasteiger charge is -2.19. The highest BCUT2D eigenvalue weighted by atomic mass is 19.1. The monoisotopic (exact) mass is 273 g/mol. The summed E-state index contributed by atoms with van der Waals surface area (Å²) in [7, 11) is 1.91. The van der Waals surface area contributed by atoms with E-state index in [0.29, 0.717) is 6.54 Å². The average Bonchev–Trinajstić information content (AvgIpc) is 2.39. The van der Waals surface area contributed by atoms with Crippen molar-refractivity contribution in [2.24, 2.45) is 0 Å². The number of carbonyl (C=O) groups is 1. The van der Waals surface area contributed by atoms with Crippen LogP contribution in [-0.2, 0) is 6.54 Å². The second kappa shape index (κ2) is 5.74. The number of hydrogen-bond donors (Lipinski definition) is 1. The van der Waals surface area contributed by atoms with E-state index in [4.69, 9.17) is 5.11 Å². The number of anilines is 1. The van der Waals surface area contributed by atoms with Crippen LogP contribution in [0.4, 0.5) is 10.1 Å². The lowest BCUT2D eigenvalue weighted by atomic mass is 10.1. The lowest BCUT2D eigenvalue weighted by Crippen LogP contribution is -2.16. The first-order valence-electron chi connectivity index (χ1n) is 6.27. The molecule has 0 aromatic heterocycles. The number of rotatable bonds is 4. The maximum atomic E-state index is 13.6. The van der Waals surface area contributed by atoms with E-state index in [2.05, 4.69) is 0 Å². The quantitative estimate of drug-likeness (QED) is 0.927. The Kier molecular flexibility index (Phi) is 4.03. The molecule has 104 valence electrons. The molecule has 0 heterocycles. The second-order valence-corrected chi connectivity index (χ2v) is 4.81. The fourth-order valence-electron chi connectivity index (χ4n) is 1.99. The van der Waals surface area contributed by atoms with Crippen LogP contribution in [0.3, 0.4) is 0 Å². The number of benzene rings is 2. The van der Waals surface area contributed by atoms with Gasteiger partial charge in [-0.15, -0.1) is 0 Å². The van der Waals surface area contributed by atoms with Crippen molar-refractivity contribution in [1.29, 1.82) is 0 Å². The Labute approximate surface area is 117 Å². The van der Waals surface area contributed by atoms with Crippen LogP contribution in [0, 0.1) is 12.7 Å². The van der Waals surface area contributed by atoms with Crippen LogP contribution in [0.2, 0.25) is 0 Å². The van der Waals surface area contributed by atoms with Crippen LogP contribution in [0.25, 0.3) is 0 Å². The Balaban J connectivity index is 2.15. The number of halogens is 1. The molecule has 2 aromatic carbocycles. The zero-order valence-corrected chi connectivity index (χ0v) is 11.4. The Bertz CT molecular complexity index is 623. The summed E-state index contributed by atoms with van der Waals surface area (Å²) in [6.07, 6.45) is 0. The number of aryl methyl sites for hydroxylation is 1. The van der Waals surface area contributed by atoms with Gasteiger partial charge in [-0.3, -0.25) is 0 Å². The van der Waals surface area contributed by atoms with Crippen molar-refractivity contribution in [3.63, 3.8) is 0 Å². The van der Waals surface area contributed by atoms with Gasteiger partial charge in [0.25, 0.3) is 0 Å². The molecule has 0 aliphatic rings. The van der Waals surface area contributed by atoms with Crippen LogP contribution in [0.15, 0.2) is 42.5 Å². The Hall–Kier alpha value is -2.36. The predicted octanol–water partition coefficient (Wildman–Crippen LogP) is 3.47. The highest BCUT2D eigenvalue weighted by Crippen LogP contribution is 2.18. The molecule has 2 rings (SSSR count). The first-order chi connectivity index (χ1) is 9.47. The normalized spacial score (nSPS) is 10.3. The standard InChI is InChI=1S/C16H16FNO2/c1-11-3-6-13(7-4-11)18(2)10-12-5-8-14(16(19)20)15(17)9-12/h3-9H,10H2,1-2H3,(H,19,20). The van der Waals surface area contributed by atoms with E-state index in [9.17, 15) is 9.18 Å². The molecule has 0 aliphatic heterocycles. The third-order valence-electron chi connectivity index (χ3n) is 3.16. The maximum absolute atomic E-state index is 13.6. The predicted molar refractivity (Wildman–Crippen MR) is 76.6 cm³/mol. The zero-order valence-electron chi connectivity index (χ0n) is 11.4. The van der Waals surface area contributed by atoms with Crippen LogP contribution in [0.1, 0.15) is 21.5 Å². The van der Waals surface area contributed by atoms with Gasteiger partial charge in [0.15, 0.2) is 0 Å². The number of carboxylic acid groups (broad SMARTS) is 1. The Morgan fingerprint density at radius 1 is 1.20 bits per heavy atom. The first kappa shape index (κ1) is 14.1. The van der Waals surface area contributed by atoms with Crippen molar-refractivity contribution >= 4 is 11.7 Å². The molecule has 3 nitrogen and oxygen atoms in total. The number of carboxylic acids is 1. The van der Waals surface area contributed by atoms with Gasteiger partial charge < -0.3 is 10.0 Å². The molecule has 0 fully saturated rings. The number of nitrogens with zero attached hydrogens (tertiary/aromatic N) is 1. The highest BCUT2D eigenvalue weighted by Gasteiger charge is 2.11. The highest BCUT2D eigenvalue weighted by molar-refractivity contribution is 5.87. The summed E-state index contributed by atoms with van der Waals surface area (Å²) in [5, 5.41) is 8.79. The van der Waals surface area contributed by atoms with Crippen LogP contribution in [0.5, 0.6) is 0 Å². The van der Waals surface area contributed by atoms with Gasteiger partial charge in [0.2, 0.25) is 0 Å². The molecule has 0 unspecified atom stereocenters. The third-order valence-corrected chi connectivity index (χ3v) is 3.16. The van der Waals surface area contributed by atoms with Crippen LogP contribution < -0.4 is 4.90 Å². The molecule has 0 atom stereocenters. The van der Waals surface area contributed by atoms with E-state index >= 15 is 0 Å². The number of hydrogen-bond acceptors (Lipinski definition) is 2. The van der Waals surface area contributed by atoms with Crippen molar-refractivity contribution < 1.29 is 14.3 Å². The summed E-state index contributed by atoms with van der Waals surface area (Å²) < 4.78 is 13.6. The van der Waals surface area contributed by atoms with Crippen molar-refractivity contribution in [1.82, 2.24) is 0 Å². The average molecular weight is 273 g/mol. The summed E-state index contributed by atoms with van der Waals surface area (Å²) >= 11 is 0. The van der Waals surface area contributed by atoms with E-state index in [1.165, 1.54) is 17.7 Å². The van der Waals surface area contributed by atoms with E-state index in [0.717, 1.165) is 11.3 Å². The summed E-state index contributed by atoms with van der Waals surface area (Å²) in [6.45, 7) is 2.53. The molecular weight excluding hydrogens is 257 g/mol. The molecule has 20 heavy (non-hydrogen) atoms. The molecule has 0 radical (unpaired) electrons. The van der Waals surface area contributed by atoms with Crippen molar-refractivity contribution in [3.8, 4) is 0 Å². The molecular formula is C16H16FNO2. The molecule has 0 amide bonds. The van der Waals surface area contributed by atoms with Gasteiger partial charge in [-0.1, -0.05) is 23.8 Å². The molecule has 4 heteroatoms. The smallest absolute Gasteiger partial charge is 0.338 e. The summed E-state index contributed by atoms with van der Waals surface area (Å²) in [6, 6.07) is 12.2. The van der Waals surface area contributed by atoms with Crippen molar-refractivity contribution in [2.45, 2.75) is 13.5 Å². The summed E-state index contributed by atoms with van der Waals surface area (Å²) in [4.78, 5) is 12.7. The molecule has 0 spiro atoms. The van der Waals surface area contributed by atoms with E-state index in [-0.39, 0.29) is 5.56 Å². The van der Waals surface area contributed by atoms with Crippen LogP contribution in [-0.4, -0.2) is 18.1 Å². The second-order valence-electron chi connectivity index (χ2n) is 4.81. The molecule has 0 saturated heterocycles. The van der Waals surface area contributed by atoms with E-state index in [1.54, 1.807) is 6.07 Å². The Morgan fingerprint density at radius 2 is 1.85 bits per heavy atom. The third kappa shape index (κ3) is 3.15. The van der Waals surface area contributed by atoms with E-state index in [1.807, 2.05) is 43.1 Å². The number of aromatic carboxylic acids is 1. The fourth-order valence-corrected chi connectivity index (χ4v) is 1.99. The van der Waals surface area contributed by atoms with E-state index < -0.39 is 11.8 Å². The van der Waals surface area contributed by atoms with Gasteiger partial charge in [0.1, 0.15) is 5.82 Å². The van der Waals surface area contributed by atoms with Gasteiger partial charge in [0, 0.05) is 19.3 Å². The fraction of sp³-hybridized carbons (Fsp3) is 0.188. The minimum atomic E-state index is -1.25. The molecule has 0 aliphatic carbocycles. The van der Waals surface area contributed by atoms with Gasteiger partial charge in [-0.2, -0.15) is 0 Å². The lowest BCUT2D eigenvalue weighted by molar-refractivity contribution is 0.0692. The summed E-state index contributed by atoms with van der Waals surface area (Å²) in [5.41, 5.74) is 2.64. The van der Waals surface area contributed by atoms with Gasteiger partial charge >= 0.3 is 5.97 Å². The van der Waals surface area contributed by atoms with Gasteiger partial charge in [-0.25, -0.2) is 9.18 Å². The van der Waals surface area contributed by atoms with Crippen LogP contribution >= 0.6 is 0 Å². The molecule has 0 saturated carbocycles. The minimum Gasteiger partial charge on any atom is -0.478 e. The SMILES string of the molecule is Cc1ccc(N(C)Cc2ccc(C(=O)O)c(F)c2)cc1.